The summed E-state index contributed by atoms with van der Waals surface area (Å²) in [5.41, 5.74) is 1.77. The Morgan fingerprint density at radius 2 is 2.00 bits per heavy atom. The van der Waals surface area contributed by atoms with Crippen molar-refractivity contribution in [1.29, 1.82) is 0 Å². The molecule has 1 N–H and O–H groups in total. The highest BCUT2D eigenvalue weighted by Gasteiger charge is 2.19. The molecule has 0 heterocycles. The second-order valence-electron chi connectivity index (χ2n) is 5.17. The third-order valence-electron chi connectivity index (χ3n) is 3.84. The summed E-state index contributed by atoms with van der Waals surface area (Å²) < 4.78 is 13.4. The van der Waals surface area contributed by atoms with Crippen LogP contribution in [0.3, 0.4) is 0 Å². The molecule has 0 bridgehead atoms. The molecule has 3 heteroatoms. The Hall–Kier alpha value is -0.540. The first kappa shape index (κ1) is 13.9. The van der Waals surface area contributed by atoms with E-state index in [1.54, 1.807) is 13.0 Å². The fourth-order valence-corrected chi connectivity index (χ4v) is 3.25. The molecule has 0 radical (unpaired) electrons. The van der Waals surface area contributed by atoms with Gasteiger partial charge in [0.2, 0.25) is 0 Å². The highest BCUT2D eigenvalue weighted by Crippen LogP contribution is 2.27. The molecule has 0 amide bonds. The number of thioether (sulfide) groups is 1. The zero-order valence-electron chi connectivity index (χ0n) is 11.2. The average Bonchev–Trinajstić information content (AvgIpc) is 2.41. The van der Waals surface area contributed by atoms with E-state index in [2.05, 4.69) is 11.6 Å². The van der Waals surface area contributed by atoms with Crippen LogP contribution in [0.25, 0.3) is 0 Å². The third kappa shape index (κ3) is 3.72. The van der Waals surface area contributed by atoms with E-state index >= 15 is 0 Å². The molecule has 1 nitrogen and oxygen atoms in total. The highest BCUT2D eigenvalue weighted by molar-refractivity contribution is 7.99. The van der Waals surface area contributed by atoms with Gasteiger partial charge >= 0.3 is 0 Å². The summed E-state index contributed by atoms with van der Waals surface area (Å²) >= 11 is 1.99. The molecule has 0 spiro atoms. The minimum Gasteiger partial charge on any atom is -0.310 e. The van der Waals surface area contributed by atoms with Gasteiger partial charge in [-0.25, -0.2) is 4.39 Å². The van der Waals surface area contributed by atoms with Crippen LogP contribution in [0.1, 0.15) is 36.8 Å². The standard InChI is InChI=1S/C15H22FNS/c1-11-3-4-12(9-15(11)16)10-17-13-5-7-14(18-2)8-6-13/h3-4,9,13-14,17H,5-8,10H2,1-2H3. The molecule has 2 rings (SSSR count). The van der Waals surface area contributed by atoms with Crippen molar-refractivity contribution in [3.8, 4) is 0 Å². The van der Waals surface area contributed by atoms with E-state index in [1.165, 1.54) is 25.7 Å². The summed E-state index contributed by atoms with van der Waals surface area (Å²) in [6.45, 7) is 2.59. The van der Waals surface area contributed by atoms with Crippen molar-refractivity contribution in [1.82, 2.24) is 5.32 Å². The monoisotopic (exact) mass is 267 g/mol. The van der Waals surface area contributed by atoms with Gasteiger partial charge in [-0.2, -0.15) is 11.8 Å². The molecule has 100 valence electrons. The number of nitrogens with one attached hydrogen (secondary N) is 1. The van der Waals surface area contributed by atoms with E-state index in [1.807, 2.05) is 23.9 Å². The Balaban J connectivity index is 1.79. The molecule has 0 aliphatic heterocycles. The quantitative estimate of drug-likeness (QED) is 0.888. The first-order valence-corrected chi connectivity index (χ1v) is 7.99. The van der Waals surface area contributed by atoms with Crippen molar-refractivity contribution >= 4 is 11.8 Å². The lowest BCUT2D eigenvalue weighted by atomic mass is 9.95. The van der Waals surface area contributed by atoms with Gasteiger partial charge < -0.3 is 5.32 Å². The number of hydrogen-bond acceptors (Lipinski definition) is 2. The van der Waals surface area contributed by atoms with Gasteiger partial charge in [-0.15, -0.1) is 0 Å². The van der Waals surface area contributed by atoms with Crippen molar-refractivity contribution in [2.24, 2.45) is 0 Å². The van der Waals surface area contributed by atoms with Gasteiger partial charge in [-0.1, -0.05) is 12.1 Å². The normalized spacial score (nSPS) is 24.2. The van der Waals surface area contributed by atoms with Crippen molar-refractivity contribution in [3.63, 3.8) is 0 Å². The maximum atomic E-state index is 13.4. The van der Waals surface area contributed by atoms with Crippen molar-refractivity contribution in [3.05, 3.63) is 35.1 Å². The topological polar surface area (TPSA) is 12.0 Å². The van der Waals surface area contributed by atoms with E-state index < -0.39 is 0 Å². The van der Waals surface area contributed by atoms with Crippen LogP contribution in [0.15, 0.2) is 18.2 Å². The van der Waals surface area contributed by atoms with E-state index in [0.29, 0.717) is 6.04 Å². The van der Waals surface area contributed by atoms with E-state index in [4.69, 9.17) is 0 Å². The predicted octanol–water partition coefficient (Wildman–Crippen LogP) is 3.90. The minimum atomic E-state index is -0.0969. The summed E-state index contributed by atoms with van der Waals surface area (Å²) in [5.74, 6) is -0.0969. The number of aryl methyl sites for hydroxylation is 1. The average molecular weight is 267 g/mol. The summed E-state index contributed by atoms with van der Waals surface area (Å²) in [6, 6.07) is 6.13. The third-order valence-corrected chi connectivity index (χ3v) is 4.98. The Bertz CT molecular complexity index is 386. The Morgan fingerprint density at radius 3 is 2.61 bits per heavy atom. The zero-order valence-corrected chi connectivity index (χ0v) is 12.0. The Kier molecular flexibility index (Phi) is 5.07. The first-order chi connectivity index (χ1) is 8.69. The molecular weight excluding hydrogens is 245 g/mol. The summed E-state index contributed by atoms with van der Waals surface area (Å²) in [6.07, 6.45) is 7.31. The lowest BCUT2D eigenvalue weighted by molar-refractivity contribution is 0.378. The predicted molar refractivity (Wildman–Crippen MR) is 77.5 cm³/mol. The molecule has 1 aliphatic rings. The van der Waals surface area contributed by atoms with Gasteiger partial charge in [0.25, 0.3) is 0 Å². The molecule has 1 aliphatic carbocycles. The number of rotatable bonds is 4. The van der Waals surface area contributed by atoms with Gasteiger partial charge in [-0.05, 0) is 56.1 Å². The van der Waals surface area contributed by atoms with Gasteiger partial charge in [0, 0.05) is 17.8 Å². The van der Waals surface area contributed by atoms with Crippen molar-refractivity contribution in [2.75, 3.05) is 6.26 Å². The molecule has 0 saturated heterocycles. The maximum absolute atomic E-state index is 13.4. The molecule has 1 fully saturated rings. The van der Waals surface area contributed by atoms with Crippen LogP contribution in [0.4, 0.5) is 4.39 Å². The second kappa shape index (κ2) is 6.58. The summed E-state index contributed by atoms with van der Waals surface area (Å²) in [4.78, 5) is 0. The van der Waals surface area contributed by atoms with Crippen LogP contribution in [-0.4, -0.2) is 17.5 Å². The van der Waals surface area contributed by atoms with Gasteiger partial charge in [-0.3, -0.25) is 0 Å². The van der Waals surface area contributed by atoms with E-state index in [9.17, 15) is 4.39 Å². The van der Waals surface area contributed by atoms with Crippen LogP contribution < -0.4 is 5.32 Å². The van der Waals surface area contributed by atoms with Crippen LogP contribution >= 0.6 is 11.8 Å². The Labute approximate surface area is 114 Å². The van der Waals surface area contributed by atoms with Gasteiger partial charge in [0.1, 0.15) is 5.82 Å². The van der Waals surface area contributed by atoms with Crippen LogP contribution in [0.2, 0.25) is 0 Å². The number of benzene rings is 1. The highest BCUT2D eigenvalue weighted by atomic mass is 32.2. The molecule has 18 heavy (non-hydrogen) atoms. The lowest BCUT2D eigenvalue weighted by Gasteiger charge is -2.28. The second-order valence-corrected chi connectivity index (χ2v) is 6.31. The molecule has 1 aromatic rings. The molecule has 1 saturated carbocycles. The van der Waals surface area contributed by atoms with Gasteiger partial charge in [0.15, 0.2) is 0 Å². The molecule has 0 aromatic heterocycles. The van der Waals surface area contributed by atoms with Gasteiger partial charge in [0.05, 0.1) is 0 Å². The van der Waals surface area contributed by atoms with Crippen molar-refractivity contribution in [2.45, 2.75) is 50.4 Å². The fourth-order valence-electron chi connectivity index (χ4n) is 2.51. The van der Waals surface area contributed by atoms with E-state index in [0.717, 1.165) is 22.9 Å². The zero-order chi connectivity index (χ0) is 13.0. The Morgan fingerprint density at radius 1 is 1.28 bits per heavy atom. The first-order valence-electron chi connectivity index (χ1n) is 6.70. The summed E-state index contributed by atoms with van der Waals surface area (Å²) in [5, 5.41) is 4.40. The van der Waals surface area contributed by atoms with Crippen LogP contribution in [0, 0.1) is 12.7 Å². The minimum absolute atomic E-state index is 0.0969. The molecular formula is C15H22FNS. The lowest BCUT2D eigenvalue weighted by Crippen LogP contribution is -2.33. The number of hydrogen-bond donors (Lipinski definition) is 1. The van der Waals surface area contributed by atoms with E-state index in [-0.39, 0.29) is 5.82 Å². The van der Waals surface area contributed by atoms with Crippen molar-refractivity contribution < 1.29 is 4.39 Å². The largest absolute Gasteiger partial charge is 0.310 e. The SMILES string of the molecule is CSC1CCC(NCc2ccc(C)c(F)c2)CC1. The summed E-state index contributed by atoms with van der Waals surface area (Å²) in [7, 11) is 0. The fraction of sp³-hybridized carbons (Fsp3) is 0.600. The maximum Gasteiger partial charge on any atom is 0.126 e. The number of halogens is 1. The van der Waals surface area contributed by atoms with Crippen LogP contribution in [0.5, 0.6) is 0 Å². The van der Waals surface area contributed by atoms with Crippen LogP contribution in [-0.2, 0) is 6.54 Å². The molecule has 0 unspecified atom stereocenters. The smallest absolute Gasteiger partial charge is 0.126 e. The molecule has 1 aromatic carbocycles. The molecule has 0 atom stereocenters.